The standard InChI is InChI=1S/C11H18N6O/c1-11(2,3)4-9-13-10(18-15-9)7-17-6-8(5-12)14-16-17/h6H,4-5,7,12H2,1-3H3. The second-order valence-electron chi connectivity index (χ2n) is 5.45. The van der Waals surface area contributed by atoms with Gasteiger partial charge in [-0.25, -0.2) is 4.68 Å². The summed E-state index contributed by atoms with van der Waals surface area (Å²) in [6.45, 7) is 7.19. The SMILES string of the molecule is CC(C)(C)Cc1noc(Cn2cc(CN)nn2)n1. The summed E-state index contributed by atoms with van der Waals surface area (Å²) in [5.41, 5.74) is 6.34. The average molecular weight is 250 g/mol. The molecule has 18 heavy (non-hydrogen) atoms. The first-order chi connectivity index (χ1) is 8.46. The highest BCUT2D eigenvalue weighted by atomic mass is 16.5. The van der Waals surface area contributed by atoms with Gasteiger partial charge in [-0.05, 0) is 5.41 Å². The Morgan fingerprint density at radius 3 is 2.78 bits per heavy atom. The van der Waals surface area contributed by atoms with E-state index in [0.29, 0.717) is 19.0 Å². The van der Waals surface area contributed by atoms with E-state index in [4.69, 9.17) is 10.3 Å². The van der Waals surface area contributed by atoms with Gasteiger partial charge in [0.1, 0.15) is 6.54 Å². The molecule has 2 N–H and O–H groups in total. The Bertz CT molecular complexity index is 510. The maximum atomic E-state index is 5.46. The summed E-state index contributed by atoms with van der Waals surface area (Å²) < 4.78 is 6.81. The molecule has 0 atom stereocenters. The number of nitrogens with two attached hydrogens (primary N) is 1. The third kappa shape index (κ3) is 3.36. The first kappa shape index (κ1) is 12.7. The molecule has 2 rings (SSSR count). The van der Waals surface area contributed by atoms with Crippen LogP contribution in [0.5, 0.6) is 0 Å². The minimum atomic E-state index is 0.140. The summed E-state index contributed by atoms with van der Waals surface area (Å²) in [5, 5.41) is 11.8. The lowest BCUT2D eigenvalue weighted by molar-refractivity contribution is 0.346. The van der Waals surface area contributed by atoms with Crippen LogP contribution in [-0.4, -0.2) is 25.1 Å². The minimum absolute atomic E-state index is 0.140. The lowest BCUT2D eigenvalue weighted by atomic mass is 9.92. The molecular formula is C11H18N6O. The maximum absolute atomic E-state index is 5.46. The maximum Gasteiger partial charge on any atom is 0.248 e. The molecule has 0 unspecified atom stereocenters. The Kier molecular flexibility index (Phi) is 3.42. The second-order valence-corrected chi connectivity index (χ2v) is 5.45. The fourth-order valence-electron chi connectivity index (χ4n) is 1.55. The monoisotopic (exact) mass is 250 g/mol. The van der Waals surface area contributed by atoms with Crippen molar-refractivity contribution in [2.45, 2.75) is 40.3 Å². The van der Waals surface area contributed by atoms with Crippen LogP contribution in [0.15, 0.2) is 10.7 Å². The summed E-state index contributed by atoms with van der Waals surface area (Å²) in [6.07, 6.45) is 2.55. The van der Waals surface area contributed by atoms with E-state index in [9.17, 15) is 0 Å². The smallest absolute Gasteiger partial charge is 0.248 e. The minimum Gasteiger partial charge on any atom is -0.337 e. The first-order valence-electron chi connectivity index (χ1n) is 5.87. The zero-order valence-electron chi connectivity index (χ0n) is 10.9. The molecular weight excluding hydrogens is 232 g/mol. The highest BCUT2D eigenvalue weighted by Crippen LogP contribution is 2.18. The van der Waals surface area contributed by atoms with E-state index in [2.05, 4.69) is 41.2 Å². The zero-order valence-corrected chi connectivity index (χ0v) is 10.9. The average Bonchev–Trinajstić information content (AvgIpc) is 2.86. The molecule has 2 aromatic heterocycles. The van der Waals surface area contributed by atoms with Crippen molar-refractivity contribution in [3.63, 3.8) is 0 Å². The third-order valence-electron chi connectivity index (χ3n) is 2.29. The van der Waals surface area contributed by atoms with E-state index in [1.165, 1.54) is 0 Å². The molecule has 0 fully saturated rings. The Hall–Kier alpha value is -1.76. The summed E-state index contributed by atoms with van der Waals surface area (Å²) in [7, 11) is 0. The molecule has 0 aromatic carbocycles. The Labute approximate surface area is 105 Å². The van der Waals surface area contributed by atoms with Crippen LogP contribution in [0, 0.1) is 5.41 Å². The van der Waals surface area contributed by atoms with Crippen molar-refractivity contribution in [3.05, 3.63) is 23.6 Å². The fraction of sp³-hybridized carbons (Fsp3) is 0.636. The van der Waals surface area contributed by atoms with Gasteiger partial charge in [0.15, 0.2) is 5.82 Å². The largest absolute Gasteiger partial charge is 0.337 e. The highest BCUT2D eigenvalue weighted by molar-refractivity contribution is 4.94. The van der Waals surface area contributed by atoms with Crippen molar-refractivity contribution in [2.24, 2.45) is 11.1 Å². The molecule has 7 nitrogen and oxygen atoms in total. The summed E-state index contributed by atoms with van der Waals surface area (Å²) in [6, 6.07) is 0. The Balaban J connectivity index is 2.02. The van der Waals surface area contributed by atoms with Crippen LogP contribution >= 0.6 is 0 Å². The molecule has 0 spiro atoms. The van der Waals surface area contributed by atoms with Gasteiger partial charge < -0.3 is 10.3 Å². The molecule has 0 aliphatic carbocycles. The van der Waals surface area contributed by atoms with Gasteiger partial charge in [-0.15, -0.1) is 5.10 Å². The van der Waals surface area contributed by atoms with Gasteiger partial charge in [0.05, 0.1) is 11.9 Å². The van der Waals surface area contributed by atoms with E-state index in [-0.39, 0.29) is 5.41 Å². The van der Waals surface area contributed by atoms with Crippen LogP contribution in [0.4, 0.5) is 0 Å². The van der Waals surface area contributed by atoms with Crippen molar-refractivity contribution >= 4 is 0 Å². The van der Waals surface area contributed by atoms with Crippen LogP contribution in [0.25, 0.3) is 0 Å². The molecule has 7 heteroatoms. The van der Waals surface area contributed by atoms with Crippen molar-refractivity contribution < 1.29 is 4.52 Å². The molecule has 0 aliphatic rings. The predicted molar refractivity (Wildman–Crippen MR) is 64.5 cm³/mol. The van der Waals surface area contributed by atoms with Crippen molar-refractivity contribution in [1.82, 2.24) is 25.1 Å². The number of aromatic nitrogens is 5. The van der Waals surface area contributed by atoms with E-state index >= 15 is 0 Å². The summed E-state index contributed by atoms with van der Waals surface area (Å²) >= 11 is 0. The fourth-order valence-corrected chi connectivity index (χ4v) is 1.55. The van der Waals surface area contributed by atoms with Crippen LogP contribution in [0.2, 0.25) is 0 Å². The van der Waals surface area contributed by atoms with Crippen molar-refractivity contribution in [3.8, 4) is 0 Å². The number of hydrogen-bond acceptors (Lipinski definition) is 6. The van der Waals surface area contributed by atoms with E-state index in [0.717, 1.165) is 17.9 Å². The third-order valence-corrected chi connectivity index (χ3v) is 2.29. The van der Waals surface area contributed by atoms with E-state index in [1.54, 1.807) is 10.9 Å². The number of nitrogens with zero attached hydrogens (tertiary/aromatic N) is 5. The van der Waals surface area contributed by atoms with E-state index in [1.807, 2.05) is 0 Å². The summed E-state index contributed by atoms with van der Waals surface area (Å²) in [5.74, 6) is 1.25. The lowest BCUT2D eigenvalue weighted by Crippen LogP contribution is -2.10. The van der Waals surface area contributed by atoms with Crippen LogP contribution < -0.4 is 5.73 Å². The van der Waals surface area contributed by atoms with E-state index < -0.39 is 0 Å². The molecule has 0 radical (unpaired) electrons. The number of hydrogen-bond donors (Lipinski definition) is 1. The van der Waals surface area contributed by atoms with Crippen molar-refractivity contribution in [1.29, 1.82) is 0 Å². The van der Waals surface area contributed by atoms with Gasteiger partial charge in [0.25, 0.3) is 0 Å². The topological polar surface area (TPSA) is 95.7 Å². The normalized spacial score (nSPS) is 12.0. The molecule has 0 bridgehead atoms. The van der Waals surface area contributed by atoms with Crippen molar-refractivity contribution in [2.75, 3.05) is 0 Å². The van der Waals surface area contributed by atoms with Gasteiger partial charge in [-0.1, -0.05) is 31.1 Å². The zero-order chi connectivity index (χ0) is 13.2. The van der Waals surface area contributed by atoms with Crippen LogP contribution in [-0.2, 0) is 19.5 Å². The van der Waals surface area contributed by atoms with Gasteiger partial charge >= 0.3 is 0 Å². The van der Waals surface area contributed by atoms with Gasteiger partial charge in [-0.2, -0.15) is 4.98 Å². The molecule has 0 saturated heterocycles. The first-order valence-corrected chi connectivity index (χ1v) is 5.87. The van der Waals surface area contributed by atoms with Gasteiger partial charge in [0.2, 0.25) is 5.89 Å². The second kappa shape index (κ2) is 4.85. The lowest BCUT2D eigenvalue weighted by Gasteiger charge is -2.14. The van der Waals surface area contributed by atoms with Gasteiger partial charge in [-0.3, -0.25) is 0 Å². The Morgan fingerprint density at radius 1 is 1.39 bits per heavy atom. The van der Waals surface area contributed by atoms with Crippen LogP contribution in [0.3, 0.4) is 0 Å². The van der Waals surface area contributed by atoms with Gasteiger partial charge in [0, 0.05) is 13.0 Å². The molecule has 0 amide bonds. The molecule has 2 aromatic rings. The highest BCUT2D eigenvalue weighted by Gasteiger charge is 2.16. The molecule has 2 heterocycles. The molecule has 0 aliphatic heterocycles. The predicted octanol–water partition coefficient (Wildman–Crippen LogP) is 0.757. The van der Waals surface area contributed by atoms with Crippen LogP contribution in [0.1, 0.15) is 38.2 Å². The Morgan fingerprint density at radius 2 is 2.17 bits per heavy atom. The molecule has 98 valence electrons. The summed E-state index contributed by atoms with van der Waals surface area (Å²) in [4.78, 5) is 4.33. The quantitative estimate of drug-likeness (QED) is 0.860. The molecule has 0 saturated carbocycles. The number of rotatable bonds is 4.